The summed E-state index contributed by atoms with van der Waals surface area (Å²) < 4.78 is 5.32. The molecule has 17 heavy (non-hydrogen) atoms. The monoisotopic (exact) mass is 241 g/mol. The maximum atomic E-state index is 11.6. The van der Waals surface area contributed by atoms with E-state index in [4.69, 9.17) is 4.74 Å². The van der Waals surface area contributed by atoms with Crippen molar-refractivity contribution in [3.05, 3.63) is 0 Å². The lowest BCUT2D eigenvalue weighted by molar-refractivity contribution is -0.148. The van der Waals surface area contributed by atoms with Crippen LogP contribution in [0.5, 0.6) is 0 Å². The molecule has 0 aromatic heterocycles. The highest BCUT2D eigenvalue weighted by Gasteiger charge is 2.43. The number of rotatable bonds is 3. The summed E-state index contributed by atoms with van der Waals surface area (Å²) in [5.41, 5.74) is -0.681. The van der Waals surface area contributed by atoms with E-state index < -0.39 is 11.5 Å². The van der Waals surface area contributed by atoms with Gasteiger partial charge in [0.2, 0.25) is 0 Å². The molecule has 4 heteroatoms. The molecule has 0 aromatic rings. The molecular weight excluding hydrogens is 218 g/mol. The van der Waals surface area contributed by atoms with Gasteiger partial charge in [-0.25, -0.2) is 0 Å². The van der Waals surface area contributed by atoms with Crippen molar-refractivity contribution in [1.29, 1.82) is 0 Å². The summed E-state index contributed by atoms with van der Waals surface area (Å²) in [6.45, 7) is 3.66. The van der Waals surface area contributed by atoms with Crippen LogP contribution in [0.1, 0.15) is 45.4 Å². The Morgan fingerprint density at radius 1 is 1.35 bits per heavy atom. The molecule has 0 radical (unpaired) electrons. The summed E-state index contributed by atoms with van der Waals surface area (Å²) in [6, 6.07) is 0.310. The molecule has 1 aliphatic carbocycles. The number of carboxylic acid groups (broad SMARTS) is 1. The zero-order chi connectivity index (χ0) is 12.3. The van der Waals surface area contributed by atoms with Crippen LogP contribution in [0.2, 0.25) is 0 Å². The first-order valence-electron chi connectivity index (χ1n) is 6.71. The van der Waals surface area contributed by atoms with Gasteiger partial charge in [0, 0.05) is 19.3 Å². The normalized spacial score (nSPS) is 35.7. The molecule has 2 unspecified atom stereocenters. The summed E-state index contributed by atoms with van der Waals surface area (Å²) in [6.07, 6.45) is 5.57. The van der Waals surface area contributed by atoms with Gasteiger partial charge in [0.25, 0.3) is 0 Å². The molecule has 4 nitrogen and oxygen atoms in total. The van der Waals surface area contributed by atoms with Crippen molar-refractivity contribution >= 4 is 5.97 Å². The Labute approximate surface area is 103 Å². The van der Waals surface area contributed by atoms with E-state index in [0.29, 0.717) is 12.0 Å². The molecule has 0 spiro atoms. The Balaban J connectivity index is 2.02. The lowest BCUT2D eigenvalue weighted by Crippen LogP contribution is -2.58. The van der Waals surface area contributed by atoms with Crippen molar-refractivity contribution in [2.24, 2.45) is 5.92 Å². The van der Waals surface area contributed by atoms with Crippen LogP contribution < -0.4 is 5.32 Å². The van der Waals surface area contributed by atoms with Crippen LogP contribution in [0.15, 0.2) is 0 Å². The van der Waals surface area contributed by atoms with Crippen molar-refractivity contribution < 1.29 is 14.6 Å². The van der Waals surface area contributed by atoms with E-state index in [0.717, 1.165) is 51.7 Å². The van der Waals surface area contributed by atoms with Gasteiger partial charge in [0.1, 0.15) is 5.54 Å². The first-order valence-corrected chi connectivity index (χ1v) is 6.71. The number of ether oxygens (including phenoxy) is 1. The molecule has 2 aliphatic rings. The molecule has 2 rings (SSSR count). The topological polar surface area (TPSA) is 58.6 Å². The van der Waals surface area contributed by atoms with Crippen LogP contribution in [-0.2, 0) is 9.53 Å². The van der Waals surface area contributed by atoms with E-state index in [2.05, 4.69) is 12.2 Å². The second-order valence-corrected chi connectivity index (χ2v) is 5.62. The summed E-state index contributed by atoms with van der Waals surface area (Å²) in [7, 11) is 0. The van der Waals surface area contributed by atoms with Crippen molar-refractivity contribution in [2.45, 2.75) is 57.0 Å². The molecule has 2 fully saturated rings. The van der Waals surface area contributed by atoms with Gasteiger partial charge >= 0.3 is 5.97 Å². The Morgan fingerprint density at radius 2 is 2.06 bits per heavy atom. The summed E-state index contributed by atoms with van der Waals surface area (Å²) in [5.74, 6) is -0.164. The van der Waals surface area contributed by atoms with Gasteiger partial charge in [-0.05, 0) is 31.6 Å². The summed E-state index contributed by atoms with van der Waals surface area (Å²) in [5, 5.41) is 13.0. The van der Waals surface area contributed by atoms with Crippen molar-refractivity contribution in [3.63, 3.8) is 0 Å². The first-order chi connectivity index (χ1) is 8.12. The predicted molar refractivity (Wildman–Crippen MR) is 65.0 cm³/mol. The maximum Gasteiger partial charge on any atom is 0.323 e. The molecule has 0 bridgehead atoms. The zero-order valence-electron chi connectivity index (χ0n) is 10.6. The van der Waals surface area contributed by atoms with E-state index in [1.165, 1.54) is 0 Å². The molecule has 1 saturated heterocycles. The number of hydrogen-bond donors (Lipinski definition) is 2. The van der Waals surface area contributed by atoms with E-state index in [9.17, 15) is 9.90 Å². The third kappa shape index (κ3) is 2.99. The summed E-state index contributed by atoms with van der Waals surface area (Å²) >= 11 is 0. The largest absolute Gasteiger partial charge is 0.480 e. The number of nitrogens with one attached hydrogen (secondary N) is 1. The number of carboxylic acids is 1. The van der Waals surface area contributed by atoms with Gasteiger partial charge in [0.15, 0.2) is 0 Å². The Kier molecular flexibility index (Phi) is 4.05. The van der Waals surface area contributed by atoms with E-state index in [-0.39, 0.29) is 0 Å². The second-order valence-electron chi connectivity index (χ2n) is 5.62. The average Bonchev–Trinajstić information content (AvgIpc) is 2.30. The van der Waals surface area contributed by atoms with Crippen molar-refractivity contribution in [1.82, 2.24) is 5.32 Å². The number of aliphatic carboxylic acids is 1. The summed E-state index contributed by atoms with van der Waals surface area (Å²) in [4.78, 5) is 11.6. The smallest absolute Gasteiger partial charge is 0.323 e. The third-order valence-electron chi connectivity index (χ3n) is 4.11. The van der Waals surface area contributed by atoms with Gasteiger partial charge in [-0.1, -0.05) is 19.8 Å². The molecule has 98 valence electrons. The molecular formula is C13H23NO3. The SMILES string of the molecule is CC1CCCC(NC2CCOCC2)(C(=O)O)C1. The Bertz CT molecular complexity index is 276. The highest BCUT2D eigenvalue weighted by atomic mass is 16.5. The van der Waals surface area contributed by atoms with Crippen LogP contribution >= 0.6 is 0 Å². The van der Waals surface area contributed by atoms with Gasteiger partial charge in [0.05, 0.1) is 0 Å². The average molecular weight is 241 g/mol. The quantitative estimate of drug-likeness (QED) is 0.791. The second kappa shape index (κ2) is 5.36. The van der Waals surface area contributed by atoms with Gasteiger partial charge < -0.3 is 9.84 Å². The molecule has 1 heterocycles. The van der Waals surface area contributed by atoms with E-state index in [1.807, 2.05) is 0 Å². The minimum Gasteiger partial charge on any atom is -0.480 e. The third-order valence-corrected chi connectivity index (χ3v) is 4.11. The van der Waals surface area contributed by atoms with Gasteiger partial charge in [-0.2, -0.15) is 0 Å². The number of carbonyl (C=O) groups is 1. The molecule has 2 atom stereocenters. The van der Waals surface area contributed by atoms with Crippen LogP contribution in [-0.4, -0.2) is 35.9 Å². The molecule has 0 aromatic carbocycles. The number of hydrogen-bond acceptors (Lipinski definition) is 3. The zero-order valence-corrected chi connectivity index (χ0v) is 10.6. The lowest BCUT2D eigenvalue weighted by Gasteiger charge is -2.40. The van der Waals surface area contributed by atoms with Crippen molar-refractivity contribution in [3.8, 4) is 0 Å². The van der Waals surface area contributed by atoms with Gasteiger partial charge in [-0.3, -0.25) is 10.1 Å². The van der Waals surface area contributed by atoms with Crippen LogP contribution in [0.3, 0.4) is 0 Å². The van der Waals surface area contributed by atoms with E-state index >= 15 is 0 Å². The fourth-order valence-corrected chi connectivity index (χ4v) is 3.17. The highest BCUT2D eigenvalue weighted by Crippen LogP contribution is 2.33. The van der Waals surface area contributed by atoms with E-state index in [1.54, 1.807) is 0 Å². The fourth-order valence-electron chi connectivity index (χ4n) is 3.17. The molecule has 0 amide bonds. The lowest BCUT2D eigenvalue weighted by atomic mass is 9.75. The molecule has 1 aliphatic heterocycles. The maximum absolute atomic E-state index is 11.6. The minimum absolute atomic E-state index is 0.310. The van der Waals surface area contributed by atoms with Crippen LogP contribution in [0.25, 0.3) is 0 Å². The predicted octanol–water partition coefficient (Wildman–Crippen LogP) is 1.79. The minimum atomic E-state index is -0.681. The Hall–Kier alpha value is -0.610. The standard InChI is InChI=1S/C13H23NO3/c1-10-3-2-6-13(9-10,12(15)16)14-11-4-7-17-8-5-11/h10-11,14H,2-9H2,1H3,(H,15,16). The van der Waals surface area contributed by atoms with Crippen LogP contribution in [0, 0.1) is 5.92 Å². The first kappa shape index (κ1) is 12.8. The van der Waals surface area contributed by atoms with Crippen LogP contribution in [0.4, 0.5) is 0 Å². The molecule has 1 saturated carbocycles. The van der Waals surface area contributed by atoms with Crippen molar-refractivity contribution in [2.75, 3.05) is 13.2 Å². The Morgan fingerprint density at radius 3 is 2.65 bits per heavy atom. The highest BCUT2D eigenvalue weighted by molar-refractivity contribution is 5.79. The fraction of sp³-hybridized carbons (Fsp3) is 0.923. The van der Waals surface area contributed by atoms with Gasteiger partial charge in [-0.15, -0.1) is 0 Å². The molecule has 2 N–H and O–H groups in total.